The molecule has 0 radical (unpaired) electrons. The molecule has 0 rings (SSSR count). The van der Waals surface area contributed by atoms with Gasteiger partial charge in [0.05, 0.1) is 7.11 Å². The Morgan fingerprint density at radius 3 is 2.08 bits per heavy atom. The molecule has 24 heavy (non-hydrogen) atoms. The van der Waals surface area contributed by atoms with E-state index in [4.69, 9.17) is 4.74 Å². The maximum atomic E-state index is 12.6. The Morgan fingerprint density at radius 1 is 1.12 bits per heavy atom. The van der Waals surface area contributed by atoms with Gasteiger partial charge in [-0.2, -0.15) is 0 Å². The van der Waals surface area contributed by atoms with Crippen LogP contribution in [0.5, 0.6) is 0 Å². The molecule has 138 valence electrons. The number of esters is 2. The minimum absolute atomic E-state index is 0.102. The standard InChI is InChI=1S/C16H27NO6S/c1-10(9-24-12(3)18)14(20)17(11(2)15(21)22-7)8-13(19)23-16(4,5)6/h10-11H,8-9H2,1-7H3/t10-,11-/m1/s1. The van der Waals surface area contributed by atoms with Crippen molar-refractivity contribution in [3.05, 3.63) is 0 Å². The first-order chi connectivity index (χ1) is 10.9. The molecule has 0 aliphatic heterocycles. The van der Waals surface area contributed by atoms with Crippen LogP contribution in [0.1, 0.15) is 41.5 Å². The molecule has 0 saturated heterocycles. The monoisotopic (exact) mass is 361 g/mol. The number of hydrogen-bond donors (Lipinski definition) is 0. The first-order valence-corrected chi connectivity index (χ1v) is 8.61. The van der Waals surface area contributed by atoms with Crippen LogP contribution in [0.15, 0.2) is 0 Å². The number of nitrogens with zero attached hydrogens (tertiary/aromatic N) is 1. The fourth-order valence-corrected chi connectivity index (χ4v) is 2.44. The lowest BCUT2D eigenvalue weighted by Crippen LogP contribution is -2.49. The maximum Gasteiger partial charge on any atom is 0.328 e. The lowest BCUT2D eigenvalue weighted by Gasteiger charge is -2.30. The first kappa shape index (κ1) is 22.4. The molecule has 0 bridgehead atoms. The van der Waals surface area contributed by atoms with Gasteiger partial charge in [-0.05, 0) is 27.7 Å². The summed E-state index contributed by atoms with van der Waals surface area (Å²) in [6, 6.07) is -0.931. The van der Waals surface area contributed by atoms with Crippen LogP contribution < -0.4 is 0 Å². The van der Waals surface area contributed by atoms with E-state index >= 15 is 0 Å². The van der Waals surface area contributed by atoms with Crippen molar-refractivity contribution in [2.75, 3.05) is 19.4 Å². The Balaban J connectivity index is 5.18. The highest BCUT2D eigenvalue weighted by Gasteiger charge is 2.32. The maximum absolute atomic E-state index is 12.6. The van der Waals surface area contributed by atoms with Gasteiger partial charge in [0.2, 0.25) is 5.91 Å². The van der Waals surface area contributed by atoms with E-state index in [1.807, 2.05) is 0 Å². The van der Waals surface area contributed by atoms with Gasteiger partial charge in [-0.3, -0.25) is 14.4 Å². The number of carbonyl (C=O) groups is 4. The average molecular weight is 361 g/mol. The fraction of sp³-hybridized carbons (Fsp3) is 0.750. The van der Waals surface area contributed by atoms with Crippen LogP contribution in [0.4, 0.5) is 0 Å². The quantitative estimate of drug-likeness (QED) is 0.637. The molecule has 1 amide bonds. The van der Waals surface area contributed by atoms with Crippen LogP contribution in [0.25, 0.3) is 0 Å². The largest absolute Gasteiger partial charge is 0.467 e. The van der Waals surface area contributed by atoms with Crippen LogP contribution >= 0.6 is 11.8 Å². The molecule has 0 spiro atoms. The molecular formula is C16H27NO6S. The van der Waals surface area contributed by atoms with Crippen molar-refractivity contribution < 1.29 is 28.7 Å². The van der Waals surface area contributed by atoms with Crippen molar-refractivity contribution in [2.45, 2.75) is 53.2 Å². The second-order valence-corrected chi connectivity index (χ2v) is 7.65. The van der Waals surface area contributed by atoms with E-state index < -0.39 is 35.4 Å². The average Bonchev–Trinajstić information content (AvgIpc) is 2.46. The van der Waals surface area contributed by atoms with Crippen molar-refractivity contribution in [3.63, 3.8) is 0 Å². The lowest BCUT2D eigenvalue weighted by atomic mass is 10.1. The van der Waals surface area contributed by atoms with E-state index in [0.29, 0.717) is 0 Å². The van der Waals surface area contributed by atoms with Gasteiger partial charge in [-0.25, -0.2) is 4.79 Å². The van der Waals surface area contributed by atoms with Crippen LogP contribution in [0.3, 0.4) is 0 Å². The molecule has 7 nitrogen and oxygen atoms in total. The summed E-state index contributed by atoms with van der Waals surface area (Å²) in [5.74, 6) is -1.91. The van der Waals surface area contributed by atoms with E-state index in [1.54, 1.807) is 27.7 Å². The summed E-state index contributed by atoms with van der Waals surface area (Å²) < 4.78 is 9.87. The van der Waals surface area contributed by atoms with Crippen molar-refractivity contribution in [1.82, 2.24) is 4.90 Å². The van der Waals surface area contributed by atoms with E-state index in [2.05, 4.69) is 4.74 Å². The van der Waals surface area contributed by atoms with E-state index in [-0.39, 0.29) is 17.4 Å². The van der Waals surface area contributed by atoms with Gasteiger partial charge in [-0.1, -0.05) is 18.7 Å². The highest BCUT2D eigenvalue weighted by molar-refractivity contribution is 8.13. The molecule has 0 fully saturated rings. The number of amides is 1. The summed E-state index contributed by atoms with van der Waals surface area (Å²) >= 11 is 1.02. The number of rotatable bonds is 7. The summed E-state index contributed by atoms with van der Waals surface area (Å²) in [7, 11) is 1.21. The van der Waals surface area contributed by atoms with Gasteiger partial charge < -0.3 is 14.4 Å². The number of hydrogen-bond acceptors (Lipinski definition) is 7. The van der Waals surface area contributed by atoms with Crippen molar-refractivity contribution in [3.8, 4) is 0 Å². The fourth-order valence-electron chi connectivity index (χ4n) is 1.81. The summed E-state index contributed by atoms with van der Waals surface area (Å²) in [6.07, 6.45) is 0. The van der Waals surface area contributed by atoms with Crippen molar-refractivity contribution >= 4 is 34.7 Å². The normalized spacial score (nSPS) is 13.6. The second kappa shape index (κ2) is 9.66. The molecule has 8 heteroatoms. The third-order valence-corrected chi connectivity index (χ3v) is 4.04. The van der Waals surface area contributed by atoms with Gasteiger partial charge in [0.15, 0.2) is 5.12 Å². The van der Waals surface area contributed by atoms with E-state index in [1.165, 1.54) is 21.0 Å². The third kappa shape index (κ3) is 8.33. The summed E-state index contributed by atoms with van der Waals surface area (Å²) in [6.45, 7) is 9.33. The van der Waals surface area contributed by atoms with E-state index in [0.717, 1.165) is 16.7 Å². The molecular weight excluding hydrogens is 334 g/mol. The Bertz CT molecular complexity index is 485. The highest BCUT2D eigenvalue weighted by atomic mass is 32.2. The molecule has 0 aromatic carbocycles. The Labute approximate surface area is 147 Å². The van der Waals surface area contributed by atoms with E-state index in [9.17, 15) is 19.2 Å². The molecule has 0 heterocycles. The zero-order valence-electron chi connectivity index (χ0n) is 15.4. The number of ether oxygens (including phenoxy) is 2. The number of methoxy groups -OCH3 is 1. The minimum atomic E-state index is -0.931. The van der Waals surface area contributed by atoms with Crippen LogP contribution in [-0.4, -0.2) is 58.9 Å². The van der Waals surface area contributed by atoms with Crippen molar-refractivity contribution in [1.29, 1.82) is 0 Å². The SMILES string of the molecule is COC(=O)[C@@H](C)N(CC(=O)OC(C)(C)C)C(=O)[C@H](C)CSC(C)=O. The minimum Gasteiger partial charge on any atom is -0.467 e. The van der Waals surface area contributed by atoms with Gasteiger partial charge in [0.1, 0.15) is 18.2 Å². The molecule has 0 unspecified atom stereocenters. The lowest BCUT2D eigenvalue weighted by molar-refractivity contribution is -0.163. The number of carbonyl (C=O) groups excluding carboxylic acids is 4. The molecule has 0 saturated carbocycles. The second-order valence-electron chi connectivity index (χ2n) is 6.46. The summed E-state index contributed by atoms with van der Waals surface area (Å²) in [5.41, 5.74) is -0.698. The zero-order chi connectivity index (χ0) is 19.1. The van der Waals surface area contributed by atoms with Crippen molar-refractivity contribution in [2.24, 2.45) is 5.92 Å². The van der Waals surface area contributed by atoms with Crippen LogP contribution in [0, 0.1) is 5.92 Å². The summed E-state index contributed by atoms with van der Waals surface area (Å²) in [5, 5.41) is -0.102. The topological polar surface area (TPSA) is 90.0 Å². The Morgan fingerprint density at radius 2 is 1.67 bits per heavy atom. The van der Waals surface area contributed by atoms with Gasteiger partial charge in [0.25, 0.3) is 0 Å². The predicted octanol–water partition coefficient (Wildman–Crippen LogP) is 1.63. The Hall–Kier alpha value is -1.57. The van der Waals surface area contributed by atoms with Gasteiger partial charge in [-0.15, -0.1) is 0 Å². The Kier molecular flexibility index (Phi) is 9.03. The van der Waals surface area contributed by atoms with Gasteiger partial charge >= 0.3 is 11.9 Å². The molecule has 0 aromatic rings. The first-order valence-electron chi connectivity index (χ1n) is 7.62. The molecule has 0 aliphatic carbocycles. The van der Waals surface area contributed by atoms with Gasteiger partial charge in [0, 0.05) is 18.6 Å². The molecule has 0 aliphatic rings. The van der Waals surface area contributed by atoms with Crippen LogP contribution in [0.2, 0.25) is 0 Å². The number of thioether (sulfide) groups is 1. The smallest absolute Gasteiger partial charge is 0.328 e. The highest BCUT2D eigenvalue weighted by Crippen LogP contribution is 2.16. The third-order valence-electron chi connectivity index (χ3n) is 2.97. The predicted molar refractivity (Wildman–Crippen MR) is 91.3 cm³/mol. The molecule has 2 atom stereocenters. The summed E-state index contributed by atoms with van der Waals surface area (Å²) in [4.78, 5) is 48.6. The zero-order valence-corrected chi connectivity index (χ0v) is 16.2. The molecule has 0 aromatic heterocycles. The molecule has 0 N–H and O–H groups in total. The van der Waals surface area contributed by atoms with Crippen LogP contribution in [-0.2, 0) is 28.7 Å².